The summed E-state index contributed by atoms with van der Waals surface area (Å²) < 4.78 is 0. The Morgan fingerprint density at radius 1 is 1.15 bits per heavy atom. The van der Waals surface area contributed by atoms with Crippen molar-refractivity contribution in [2.24, 2.45) is 11.7 Å². The van der Waals surface area contributed by atoms with Crippen LogP contribution in [0.15, 0.2) is 24.5 Å². The van der Waals surface area contributed by atoms with E-state index in [-0.39, 0.29) is 6.04 Å². The minimum atomic E-state index is 0.224. The molecule has 0 amide bonds. The van der Waals surface area contributed by atoms with Crippen LogP contribution >= 0.6 is 0 Å². The number of hydrogen-bond acceptors (Lipinski definition) is 2. The second kappa shape index (κ2) is 4.38. The van der Waals surface area contributed by atoms with Crippen LogP contribution in [0.3, 0.4) is 0 Å². The van der Waals surface area contributed by atoms with Crippen molar-refractivity contribution in [3.8, 4) is 0 Å². The van der Waals surface area contributed by atoms with Crippen LogP contribution < -0.4 is 5.73 Å². The summed E-state index contributed by atoms with van der Waals surface area (Å²) in [5.41, 5.74) is 7.35. The van der Waals surface area contributed by atoms with Gasteiger partial charge in [0.2, 0.25) is 0 Å². The lowest BCUT2D eigenvalue weighted by atomic mass is 9.88. The zero-order valence-electron chi connectivity index (χ0n) is 8.57. The number of hydrogen-bond donors (Lipinski definition) is 1. The molecule has 2 N–H and O–H groups in total. The van der Waals surface area contributed by atoms with Crippen LogP contribution in [0, 0.1) is 5.92 Å². The Bertz CT molecular complexity index is 244. The van der Waals surface area contributed by atoms with Crippen molar-refractivity contribution in [3.63, 3.8) is 0 Å². The quantitative estimate of drug-likeness (QED) is 0.770. The standard InChI is InChI=1S/C11H18N2/c1-8(2)11(12)9(3)10-4-6-13-7-5-10/h4-9,11H,12H2,1-3H3. The van der Waals surface area contributed by atoms with Crippen LogP contribution in [-0.2, 0) is 0 Å². The molecule has 0 fully saturated rings. The van der Waals surface area contributed by atoms with Crippen molar-refractivity contribution in [2.75, 3.05) is 0 Å². The highest BCUT2D eigenvalue weighted by Crippen LogP contribution is 2.21. The maximum Gasteiger partial charge on any atom is 0.0270 e. The lowest BCUT2D eigenvalue weighted by Gasteiger charge is -2.23. The van der Waals surface area contributed by atoms with Crippen LogP contribution in [-0.4, -0.2) is 11.0 Å². The van der Waals surface area contributed by atoms with Crippen molar-refractivity contribution >= 4 is 0 Å². The fourth-order valence-corrected chi connectivity index (χ4v) is 1.47. The highest BCUT2D eigenvalue weighted by Gasteiger charge is 2.17. The number of nitrogens with two attached hydrogens (primary N) is 1. The molecule has 2 atom stereocenters. The van der Waals surface area contributed by atoms with Gasteiger partial charge in [-0.3, -0.25) is 4.98 Å². The molecule has 0 aliphatic carbocycles. The third kappa shape index (κ3) is 2.52. The Hall–Kier alpha value is -0.890. The predicted octanol–water partition coefficient (Wildman–Crippen LogP) is 2.17. The van der Waals surface area contributed by atoms with Gasteiger partial charge in [0.05, 0.1) is 0 Å². The summed E-state index contributed by atoms with van der Waals surface area (Å²) in [6.07, 6.45) is 3.64. The maximum absolute atomic E-state index is 6.07. The number of pyridine rings is 1. The summed E-state index contributed by atoms with van der Waals surface area (Å²) in [6, 6.07) is 4.29. The summed E-state index contributed by atoms with van der Waals surface area (Å²) in [5, 5.41) is 0. The van der Waals surface area contributed by atoms with Crippen LogP contribution in [0.5, 0.6) is 0 Å². The van der Waals surface area contributed by atoms with Gasteiger partial charge in [0.25, 0.3) is 0 Å². The zero-order chi connectivity index (χ0) is 9.84. The monoisotopic (exact) mass is 178 g/mol. The van der Waals surface area contributed by atoms with Gasteiger partial charge in [-0.05, 0) is 29.5 Å². The molecule has 0 radical (unpaired) electrons. The van der Waals surface area contributed by atoms with Gasteiger partial charge in [-0.15, -0.1) is 0 Å². The molecular weight excluding hydrogens is 160 g/mol. The molecule has 2 unspecified atom stereocenters. The fraction of sp³-hybridized carbons (Fsp3) is 0.545. The Labute approximate surface area is 80.2 Å². The summed E-state index contributed by atoms with van der Waals surface area (Å²) in [4.78, 5) is 3.99. The van der Waals surface area contributed by atoms with Crippen molar-refractivity contribution in [3.05, 3.63) is 30.1 Å². The van der Waals surface area contributed by atoms with Crippen LogP contribution in [0.2, 0.25) is 0 Å². The van der Waals surface area contributed by atoms with Gasteiger partial charge in [0.15, 0.2) is 0 Å². The zero-order valence-corrected chi connectivity index (χ0v) is 8.57. The van der Waals surface area contributed by atoms with Crippen molar-refractivity contribution < 1.29 is 0 Å². The van der Waals surface area contributed by atoms with Gasteiger partial charge in [-0.25, -0.2) is 0 Å². The third-order valence-electron chi connectivity index (χ3n) is 2.58. The van der Waals surface area contributed by atoms with Crippen LogP contribution in [0.25, 0.3) is 0 Å². The molecular formula is C11H18N2. The molecule has 1 rings (SSSR count). The minimum Gasteiger partial charge on any atom is -0.327 e. The number of aromatic nitrogens is 1. The molecule has 1 aromatic rings. The molecule has 0 saturated heterocycles. The van der Waals surface area contributed by atoms with Crippen molar-refractivity contribution in [2.45, 2.75) is 32.7 Å². The Morgan fingerprint density at radius 3 is 2.15 bits per heavy atom. The third-order valence-corrected chi connectivity index (χ3v) is 2.58. The lowest BCUT2D eigenvalue weighted by Crippen LogP contribution is -2.32. The molecule has 1 heterocycles. The first kappa shape index (κ1) is 10.2. The van der Waals surface area contributed by atoms with Crippen molar-refractivity contribution in [1.29, 1.82) is 0 Å². The summed E-state index contributed by atoms with van der Waals surface area (Å²) >= 11 is 0. The highest BCUT2D eigenvalue weighted by atomic mass is 14.7. The minimum absolute atomic E-state index is 0.224. The first-order valence-electron chi connectivity index (χ1n) is 4.78. The second-order valence-corrected chi connectivity index (χ2v) is 3.89. The Morgan fingerprint density at radius 2 is 1.69 bits per heavy atom. The molecule has 0 saturated carbocycles. The smallest absolute Gasteiger partial charge is 0.0270 e. The van der Waals surface area contributed by atoms with Gasteiger partial charge in [-0.2, -0.15) is 0 Å². The molecule has 2 nitrogen and oxygen atoms in total. The first-order chi connectivity index (χ1) is 6.13. The summed E-state index contributed by atoms with van der Waals surface area (Å²) in [6.45, 7) is 6.48. The number of rotatable bonds is 3. The largest absolute Gasteiger partial charge is 0.327 e. The van der Waals surface area contributed by atoms with E-state index in [1.54, 1.807) is 0 Å². The van der Waals surface area contributed by atoms with E-state index in [0.717, 1.165) is 0 Å². The highest BCUT2D eigenvalue weighted by molar-refractivity contribution is 5.16. The van der Waals surface area contributed by atoms with E-state index in [0.29, 0.717) is 11.8 Å². The molecule has 1 aromatic heterocycles. The predicted molar refractivity (Wildman–Crippen MR) is 55.5 cm³/mol. The first-order valence-corrected chi connectivity index (χ1v) is 4.78. The Balaban J connectivity index is 2.73. The van der Waals surface area contributed by atoms with Gasteiger partial charge < -0.3 is 5.73 Å². The second-order valence-electron chi connectivity index (χ2n) is 3.89. The molecule has 13 heavy (non-hydrogen) atoms. The molecule has 0 aliphatic rings. The summed E-state index contributed by atoms with van der Waals surface area (Å²) in [7, 11) is 0. The molecule has 0 aliphatic heterocycles. The molecule has 2 heteroatoms. The number of nitrogens with zero attached hydrogens (tertiary/aromatic N) is 1. The van der Waals surface area contributed by atoms with Gasteiger partial charge >= 0.3 is 0 Å². The van der Waals surface area contributed by atoms with E-state index < -0.39 is 0 Å². The lowest BCUT2D eigenvalue weighted by molar-refractivity contribution is 0.434. The van der Waals surface area contributed by atoms with Crippen LogP contribution in [0.1, 0.15) is 32.3 Å². The van der Waals surface area contributed by atoms with Gasteiger partial charge in [0, 0.05) is 18.4 Å². The molecule has 0 aromatic carbocycles. The normalized spacial score (nSPS) is 15.8. The van der Waals surface area contributed by atoms with E-state index in [9.17, 15) is 0 Å². The van der Waals surface area contributed by atoms with E-state index in [4.69, 9.17) is 5.73 Å². The van der Waals surface area contributed by atoms with Gasteiger partial charge in [-0.1, -0.05) is 20.8 Å². The average Bonchev–Trinajstić information content (AvgIpc) is 2.17. The molecule has 0 spiro atoms. The SMILES string of the molecule is CC(C)C(N)C(C)c1ccncc1. The Kier molecular flexibility index (Phi) is 3.43. The summed E-state index contributed by atoms with van der Waals surface area (Å²) in [5.74, 6) is 0.922. The fourth-order valence-electron chi connectivity index (χ4n) is 1.47. The van der Waals surface area contributed by atoms with E-state index >= 15 is 0 Å². The average molecular weight is 178 g/mol. The topological polar surface area (TPSA) is 38.9 Å². The van der Waals surface area contributed by atoms with E-state index in [1.807, 2.05) is 24.5 Å². The van der Waals surface area contributed by atoms with Gasteiger partial charge in [0.1, 0.15) is 0 Å². The van der Waals surface area contributed by atoms with Crippen LogP contribution in [0.4, 0.5) is 0 Å². The van der Waals surface area contributed by atoms with E-state index in [2.05, 4.69) is 25.8 Å². The molecule has 0 bridgehead atoms. The van der Waals surface area contributed by atoms with E-state index in [1.165, 1.54) is 5.56 Å². The molecule has 72 valence electrons. The van der Waals surface area contributed by atoms with Crippen molar-refractivity contribution in [1.82, 2.24) is 4.98 Å². The maximum atomic E-state index is 6.07.